The molecule has 3 aliphatic rings. The molecule has 10 nitrogen and oxygen atoms in total. The number of hydrogen-bond acceptors (Lipinski definition) is 8. The van der Waals surface area contributed by atoms with Gasteiger partial charge in [0.2, 0.25) is 11.9 Å². The van der Waals surface area contributed by atoms with Gasteiger partial charge in [0.25, 0.3) is 5.91 Å². The van der Waals surface area contributed by atoms with E-state index in [9.17, 15) is 14.7 Å². The molecule has 0 unspecified atom stereocenters. The van der Waals surface area contributed by atoms with E-state index in [1.165, 1.54) is 0 Å². The molecular formula is C28H38N6O4. The Labute approximate surface area is 223 Å². The van der Waals surface area contributed by atoms with Crippen LogP contribution in [0, 0.1) is 0 Å². The molecule has 1 aromatic heterocycles. The van der Waals surface area contributed by atoms with Crippen molar-refractivity contribution in [2.75, 3.05) is 35.4 Å². The fourth-order valence-corrected chi connectivity index (χ4v) is 6.08. The number of aliphatic hydroxyl groups excluding tert-OH is 1. The van der Waals surface area contributed by atoms with Crippen molar-refractivity contribution in [1.82, 2.24) is 15.3 Å². The Balaban J connectivity index is 1.44. The molecule has 2 aromatic rings. The number of carbonyl (C=O) groups is 2. The first-order valence-corrected chi connectivity index (χ1v) is 13.9. The largest absolute Gasteiger partial charge is 0.495 e. The van der Waals surface area contributed by atoms with Crippen LogP contribution in [0.25, 0.3) is 0 Å². The Hall–Kier alpha value is -3.40. The van der Waals surface area contributed by atoms with Gasteiger partial charge in [-0.3, -0.25) is 9.59 Å². The molecule has 0 radical (unpaired) electrons. The Morgan fingerprint density at radius 1 is 1.16 bits per heavy atom. The van der Waals surface area contributed by atoms with E-state index in [1.807, 2.05) is 6.92 Å². The summed E-state index contributed by atoms with van der Waals surface area (Å²) in [5.41, 5.74) is 1.81. The van der Waals surface area contributed by atoms with Crippen molar-refractivity contribution >= 4 is 35.0 Å². The third-order valence-corrected chi connectivity index (χ3v) is 8.00. The van der Waals surface area contributed by atoms with Gasteiger partial charge in [-0.2, -0.15) is 4.98 Å². The maximum Gasteiger partial charge on any atom is 0.251 e. The number of benzene rings is 1. The number of β-amino-alcohol motifs (C(OH)–C–C–N with tert-alkyl or cyclic N) is 1. The van der Waals surface area contributed by atoms with Crippen LogP contribution in [0.15, 0.2) is 24.4 Å². The summed E-state index contributed by atoms with van der Waals surface area (Å²) in [6.45, 7) is 2.08. The zero-order valence-electron chi connectivity index (χ0n) is 22.3. The number of aromatic nitrogens is 2. The van der Waals surface area contributed by atoms with Crippen molar-refractivity contribution in [1.29, 1.82) is 0 Å². The van der Waals surface area contributed by atoms with E-state index in [2.05, 4.69) is 20.5 Å². The average molecular weight is 523 g/mol. The van der Waals surface area contributed by atoms with Crippen LogP contribution in [-0.2, 0) is 4.79 Å². The number of methoxy groups -OCH3 is 1. The number of hydrogen-bond donors (Lipinski definition) is 3. The summed E-state index contributed by atoms with van der Waals surface area (Å²) in [5.74, 6) is 1.49. The third-order valence-electron chi connectivity index (χ3n) is 8.00. The number of nitrogens with one attached hydrogen (secondary N) is 2. The topological polar surface area (TPSA) is 120 Å². The number of carbonyl (C=O) groups excluding carboxylic acids is 2. The van der Waals surface area contributed by atoms with Gasteiger partial charge in [0, 0.05) is 24.2 Å². The Kier molecular flexibility index (Phi) is 7.97. The van der Waals surface area contributed by atoms with Crippen LogP contribution in [0.1, 0.15) is 75.1 Å². The van der Waals surface area contributed by atoms with Gasteiger partial charge in [0.1, 0.15) is 17.5 Å². The van der Waals surface area contributed by atoms with Crippen LogP contribution < -0.4 is 25.2 Å². The molecule has 1 atom stereocenters. The molecule has 2 amide bonds. The number of amides is 2. The van der Waals surface area contributed by atoms with E-state index in [0.717, 1.165) is 51.4 Å². The lowest BCUT2D eigenvalue weighted by Crippen LogP contribution is -2.57. The van der Waals surface area contributed by atoms with Gasteiger partial charge < -0.3 is 30.3 Å². The van der Waals surface area contributed by atoms with Crippen LogP contribution in [0.4, 0.5) is 23.1 Å². The molecule has 0 spiro atoms. The summed E-state index contributed by atoms with van der Waals surface area (Å²) in [4.78, 5) is 39.3. The predicted molar refractivity (Wildman–Crippen MR) is 146 cm³/mol. The van der Waals surface area contributed by atoms with Crippen LogP contribution in [-0.4, -0.2) is 65.3 Å². The predicted octanol–water partition coefficient (Wildman–Crippen LogP) is 3.77. The highest BCUT2D eigenvalue weighted by atomic mass is 16.5. The number of anilines is 4. The molecule has 2 fully saturated rings. The first-order valence-electron chi connectivity index (χ1n) is 13.9. The Bertz CT molecular complexity index is 1160. The summed E-state index contributed by atoms with van der Waals surface area (Å²) < 4.78 is 5.60. The van der Waals surface area contributed by atoms with Gasteiger partial charge in [-0.1, -0.05) is 32.6 Å². The minimum Gasteiger partial charge on any atom is -0.495 e. The maximum absolute atomic E-state index is 13.4. The van der Waals surface area contributed by atoms with Crippen molar-refractivity contribution in [2.45, 2.75) is 82.8 Å². The second-order valence-electron chi connectivity index (χ2n) is 10.4. The van der Waals surface area contributed by atoms with Crippen LogP contribution in [0.5, 0.6) is 5.75 Å². The average Bonchev–Trinajstić information content (AvgIpc) is 3.65. The van der Waals surface area contributed by atoms with Crippen molar-refractivity contribution in [3.05, 3.63) is 30.0 Å². The number of aliphatic hydroxyl groups is 1. The molecule has 10 heteroatoms. The lowest BCUT2D eigenvalue weighted by molar-refractivity contribution is -0.120. The summed E-state index contributed by atoms with van der Waals surface area (Å²) >= 11 is 0. The van der Waals surface area contributed by atoms with E-state index >= 15 is 0 Å². The standard InChI is InChI=1S/C28H38N6O4/c1-3-22-27(37)33(14-15-35)23-17-29-28(32-25(23)34(22)20-10-6-7-11-20)31-21-13-12-18(16-24(21)38-2)26(36)30-19-8-4-5-9-19/h12-13,16-17,19-20,22,35H,3-11,14-15H2,1-2H3,(H,30,36)(H,29,31,32)/t22-/m1/s1. The molecule has 0 saturated heterocycles. The zero-order chi connectivity index (χ0) is 26.6. The number of ether oxygens (including phenoxy) is 1. The molecule has 38 heavy (non-hydrogen) atoms. The minimum absolute atomic E-state index is 0.0154. The van der Waals surface area contributed by atoms with Gasteiger partial charge in [0.15, 0.2) is 5.82 Å². The van der Waals surface area contributed by atoms with E-state index in [4.69, 9.17) is 9.72 Å². The monoisotopic (exact) mass is 522 g/mol. The molecule has 5 rings (SSSR count). The fraction of sp³-hybridized carbons (Fsp3) is 0.571. The van der Waals surface area contributed by atoms with Gasteiger partial charge in [0.05, 0.1) is 25.6 Å². The first-order chi connectivity index (χ1) is 18.5. The lowest BCUT2D eigenvalue weighted by Gasteiger charge is -2.44. The summed E-state index contributed by atoms with van der Waals surface area (Å²) in [7, 11) is 1.57. The van der Waals surface area contributed by atoms with E-state index in [1.54, 1.807) is 36.4 Å². The summed E-state index contributed by atoms with van der Waals surface area (Å²) in [6, 6.07) is 5.46. The molecule has 2 aliphatic carbocycles. The van der Waals surface area contributed by atoms with Crippen LogP contribution >= 0.6 is 0 Å². The molecule has 3 N–H and O–H groups in total. The zero-order valence-corrected chi connectivity index (χ0v) is 22.3. The molecule has 204 valence electrons. The Morgan fingerprint density at radius 3 is 2.58 bits per heavy atom. The summed E-state index contributed by atoms with van der Waals surface area (Å²) in [6.07, 6.45) is 11.0. The van der Waals surface area contributed by atoms with Crippen molar-refractivity contribution in [3.63, 3.8) is 0 Å². The summed E-state index contributed by atoms with van der Waals surface area (Å²) in [5, 5.41) is 16.0. The lowest BCUT2D eigenvalue weighted by atomic mass is 10.0. The SMILES string of the molecule is CC[C@@H]1C(=O)N(CCO)c2cnc(Nc3ccc(C(=O)NC4CCCC4)cc3OC)nc2N1C1CCCC1. The molecular weight excluding hydrogens is 484 g/mol. The normalized spacial score (nSPS) is 20.1. The second-order valence-corrected chi connectivity index (χ2v) is 10.4. The van der Waals surface area contributed by atoms with E-state index in [-0.39, 0.29) is 43.1 Å². The van der Waals surface area contributed by atoms with Crippen LogP contribution in [0.3, 0.4) is 0 Å². The number of nitrogens with zero attached hydrogens (tertiary/aromatic N) is 4. The first kappa shape index (κ1) is 26.2. The fourth-order valence-electron chi connectivity index (χ4n) is 6.08. The third kappa shape index (κ3) is 5.14. The highest BCUT2D eigenvalue weighted by molar-refractivity contribution is 6.05. The highest BCUT2D eigenvalue weighted by Gasteiger charge is 2.42. The molecule has 1 aromatic carbocycles. The van der Waals surface area contributed by atoms with E-state index in [0.29, 0.717) is 40.9 Å². The maximum atomic E-state index is 13.4. The van der Waals surface area contributed by atoms with Crippen molar-refractivity contribution in [2.24, 2.45) is 0 Å². The smallest absolute Gasteiger partial charge is 0.251 e. The van der Waals surface area contributed by atoms with Gasteiger partial charge in [-0.05, 0) is 50.3 Å². The molecule has 0 bridgehead atoms. The van der Waals surface area contributed by atoms with Crippen molar-refractivity contribution in [3.8, 4) is 5.75 Å². The quantitative estimate of drug-likeness (QED) is 0.455. The highest BCUT2D eigenvalue weighted by Crippen LogP contribution is 2.41. The van der Waals surface area contributed by atoms with Gasteiger partial charge in [-0.25, -0.2) is 4.98 Å². The van der Waals surface area contributed by atoms with E-state index < -0.39 is 0 Å². The Morgan fingerprint density at radius 2 is 1.89 bits per heavy atom. The van der Waals surface area contributed by atoms with Gasteiger partial charge in [-0.15, -0.1) is 0 Å². The number of rotatable bonds is 9. The second kappa shape index (κ2) is 11.6. The number of fused-ring (bicyclic) bond motifs is 1. The van der Waals surface area contributed by atoms with Gasteiger partial charge >= 0.3 is 0 Å². The molecule has 2 heterocycles. The minimum atomic E-state index is -0.327. The molecule has 1 aliphatic heterocycles. The molecule has 2 saturated carbocycles. The van der Waals surface area contributed by atoms with Crippen LogP contribution in [0.2, 0.25) is 0 Å². The van der Waals surface area contributed by atoms with Crippen molar-refractivity contribution < 1.29 is 19.4 Å².